The van der Waals surface area contributed by atoms with E-state index < -0.39 is 7.82 Å². The van der Waals surface area contributed by atoms with Gasteiger partial charge in [0, 0.05) is 6.54 Å². The van der Waals surface area contributed by atoms with Crippen molar-refractivity contribution >= 4 is 7.82 Å². The number of rotatable bonds is 6. The number of aliphatic hydroxyl groups excluding tert-OH is 1. The van der Waals surface area contributed by atoms with Crippen LogP contribution >= 0.6 is 7.82 Å². The van der Waals surface area contributed by atoms with Gasteiger partial charge in [-0.15, -0.1) is 6.58 Å². The smallest absolute Gasteiger partial charge is 0.391 e. The van der Waals surface area contributed by atoms with Gasteiger partial charge >= 0.3 is 7.82 Å². The minimum atomic E-state index is -4.17. The van der Waals surface area contributed by atoms with E-state index in [1.165, 1.54) is 6.92 Å². The van der Waals surface area contributed by atoms with Crippen molar-refractivity contribution in [2.45, 2.75) is 19.4 Å². The average molecular weight is 241 g/mol. The predicted octanol–water partition coefficient (Wildman–Crippen LogP) is 0.258. The minimum absolute atomic E-state index is 0.0459. The molecular formula is C8H20NO5P. The zero-order valence-electron chi connectivity index (χ0n) is 9.09. The molecule has 7 heteroatoms. The van der Waals surface area contributed by atoms with E-state index in [9.17, 15) is 4.57 Å². The second-order valence-electron chi connectivity index (χ2n) is 2.64. The van der Waals surface area contributed by atoms with Crippen LogP contribution in [0.15, 0.2) is 12.7 Å². The molecule has 0 aromatic heterocycles. The molecule has 0 saturated carbocycles. The van der Waals surface area contributed by atoms with Crippen molar-refractivity contribution in [3.05, 3.63) is 12.7 Å². The van der Waals surface area contributed by atoms with Crippen molar-refractivity contribution in [3.63, 3.8) is 0 Å². The van der Waals surface area contributed by atoms with Gasteiger partial charge in [-0.3, -0.25) is 4.52 Å². The molecule has 0 aliphatic rings. The molecule has 0 aromatic rings. The molecule has 4 N–H and O–H groups in total. The molecule has 0 radical (unpaired) electrons. The predicted molar refractivity (Wildman–Crippen MR) is 58.4 cm³/mol. The molecule has 6 nitrogen and oxygen atoms in total. The molecule has 0 saturated heterocycles. The van der Waals surface area contributed by atoms with E-state index in [-0.39, 0.29) is 12.7 Å². The van der Waals surface area contributed by atoms with Gasteiger partial charge in [0.05, 0.1) is 12.7 Å². The Kier molecular flexibility index (Phi) is 11.8. The van der Waals surface area contributed by atoms with E-state index in [0.717, 1.165) is 0 Å². The lowest BCUT2D eigenvalue weighted by Gasteiger charge is -2.04. The van der Waals surface area contributed by atoms with Crippen LogP contribution in [0.25, 0.3) is 0 Å². The van der Waals surface area contributed by atoms with Crippen LogP contribution in [0, 0.1) is 0 Å². The van der Waals surface area contributed by atoms with Gasteiger partial charge in [-0.1, -0.05) is 6.08 Å². The molecule has 92 valence electrons. The summed E-state index contributed by atoms with van der Waals surface area (Å²) in [7, 11) is -2.35. The van der Waals surface area contributed by atoms with Crippen molar-refractivity contribution in [2.75, 3.05) is 20.2 Å². The fourth-order valence-electron chi connectivity index (χ4n) is 0.680. The number of hydrogen-bond donors (Lipinski definition) is 4. The van der Waals surface area contributed by atoms with E-state index in [4.69, 9.17) is 14.9 Å². The monoisotopic (exact) mass is 241 g/mol. The first-order valence-corrected chi connectivity index (χ1v) is 6.04. The van der Waals surface area contributed by atoms with Crippen molar-refractivity contribution in [3.8, 4) is 0 Å². The van der Waals surface area contributed by atoms with Crippen molar-refractivity contribution < 1.29 is 24.0 Å². The van der Waals surface area contributed by atoms with E-state index in [2.05, 4.69) is 16.4 Å². The van der Waals surface area contributed by atoms with Gasteiger partial charge in [0.1, 0.15) is 0 Å². The number of aliphatic hydroxyl groups is 1. The maximum absolute atomic E-state index is 9.70. The van der Waals surface area contributed by atoms with Crippen LogP contribution in [0.1, 0.15) is 13.3 Å². The molecule has 0 aliphatic heterocycles. The first-order valence-electron chi connectivity index (χ1n) is 4.51. The van der Waals surface area contributed by atoms with E-state index in [1.54, 1.807) is 6.08 Å². The molecule has 0 aliphatic carbocycles. The van der Waals surface area contributed by atoms with Crippen molar-refractivity contribution in [1.29, 1.82) is 0 Å². The molecule has 15 heavy (non-hydrogen) atoms. The molecule has 0 amide bonds. The largest absolute Gasteiger partial charge is 0.469 e. The Hall–Kier alpha value is -0.230. The summed E-state index contributed by atoms with van der Waals surface area (Å²) in [5, 5.41) is 11.8. The number of hydrogen-bond acceptors (Lipinski definition) is 4. The Bertz CT molecular complexity index is 193. The van der Waals surface area contributed by atoms with E-state index in [0.29, 0.717) is 13.0 Å². The summed E-state index contributed by atoms with van der Waals surface area (Å²) >= 11 is 0. The molecule has 1 unspecified atom stereocenters. The highest BCUT2D eigenvalue weighted by atomic mass is 31.2. The molecule has 1 atom stereocenters. The van der Waals surface area contributed by atoms with Gasteiger partial charge in [-0.05, 0) is 20.4 Å². The Morgan fingerprint density at radius 1 is 1.60 bits per heavy atom. The molecule has 0 rings (SSSR count). The molecular weight excluding hydrogens is 221 g/mol. The highest BCUT2D eigenvalue weighted by Crippen LogP contribution is 2.34. The number of phosphoric acid groups is 1. The summed E-state index contributed by atoms with van der Waals surface area (Å²) in [6, 6.07) is 0. The Morgan fingerprint density at radius 3 is 2.33 bits per heavy atom. The van der Waals surface area contributed by atoms with Gasteiger partial charge in [-0.2, -0.15) is 0 Å². The summed E-state index contributed by atoms with van der Waals surface area (Å²) < 4.78 is 13.6. The zero-order chi connectivity index (χ0) is 12.3. The summed E-state index contributed by atoms with van der Waals surface area (Å²) in [4.78, 5) is 15.8. The van der Waals surface area contributed by atoms with Crippen LogP contribution in [-0.2, 0) is 9.09 Å². The summed E-state index contributed by atoms with van der Waals surface area (Å²) in [6.07, 6.45) is 2.11. The number of phosphoric ester groups is 1. The van der Waals surface area contributed by atoms with Crippen LogP contribution in [0.2, 0.25) is 0 Å². The van der Waals surface area contributed by atoms with Gasteiger partial charge in [0.2, 0.25) is 0 Å². The third-order valence-corrected chi connectivity index (χ3v) is 1.77. The third kappa shape index (κ3) is 20.0. The van der Waals surface area contributed by atoms with Crippen LogP contribution in [0.3, 0.4) is 0 Å². The highest BCUT2D eigenvalue weighted by Gasteiger charge is 2.10. The highest BCUT2D eigenvalue weighted by molar-refractivity contribution is 7.46. The zero-order valence-corrected chi connectivity index (χ0v) is 9.98. The van der Waals surface area contributed by atoms with E-state index in [1.807, 2.05) is 7.05 Å². The van der Waals surface area contributed by atoms with Crippen molar-refractivity contribution in [2.24, 2.45) is 0 Å². The Labute approximate surface area is 90.2 Å². The fraction of sp³-hybridized carbons (Fsp3) is 0.750. The van der Waals surface area contributed by atoms with Gasteiger partial charge in [-0.25, -0.2) is 4.57 Å². The first kappa shape index (κ1) is 17.2. The van der Waals surface area contributed by atoms with E-state index >= 15 is 0 Å². The quantitative estimate of drug-likeness (QED) is 0.393. The third-order valence-electron chi connectivity index (χ3n) is 1.18. The topological polar surface area (TPSA) is 99.0 Å². The lowest BCUT2D eigenvalue weighted by molar-refractivity contribution is 0.178. The van der Waals surface area contributed by atoms with Gasteiger partial charge in [0.15, 0.2) is 0 Å². The molecule has 0 heterocycles. The summed E-state index contributed by atoms with van der Waals surface area (Å²) in [6.45, 7) is 5.70. The molecule has 0 bridgehead atoms. The lowest BCUT2D eigenvalue weighted by Crippen LogP contribution is -2.22. The fourth-order valence-corrected chi connectivity index (χ4v) is 1.02. The molecule has 0 spiro atoms. The van der Waals surface area contributed by atoms with Crippen LogP contribution in [0.5, 0.6) is 0 Å². The Balaban J connectivity index is 0. The molecule has 0 fully saturated rings. The van der Waals surface area contributed by atoms with Gasteiger partial charge < -0.3 is 20.2 Å². The SMILES string of the molecule is C=CCC(O)CNC.CCOP(=O)(O)O. The van der Waals surface area contributed by atoms with Gasteiger partial charge in [0.25, 0.3) is 0 Å². The van der Waals surface area contributed by atoms with Crippen molar-refractivity contribution in [1.82, 2.24) is 5.32 Å². The average Bonchev–Trinajstić information content (AvgIpc) is 2.03. The maximum Gasteiger partial charge on any atom is 0.469 e. The van der Waals surface area contributed by atoms with Crippen LogP contribution in [-0.4, -0.2) is 41.2 Å². The second kappa shape index (κ2) is 10.3. The Morgan fingerprint density at radius 2 is 2.13 bits per heavy atom. The standard InChI is InChI=1S/C6H13NO.C2H7O4P/c1-3-4-6(8)5-7-2;1-2-6-7(3,4)5/h3,6-8H,1,4-5H2,2H3;2H2,1H3,(H2,3,4,5). The minimum Gasteiger partial charge on any atom is -0.391 e. The number of likely N-dealkylation sites (N-methyl/N-ethyl adjacent to an activating group) is 1. The normalized spacial score (nSPS) is 12.6. The maximum atomic E-state index is 9.70. The second-order valence-corrected chi connectivity index (χ2v) is 3.88. The molecule has 0 aromatic carbocycles. The summed E-state index contributed by atoms with van der Waals surface area (Å²) in [5.74, 6) is 0. The number of nitrogens with one attached hydrogen (secondary N) is 1. The van der Waals surface area contributed by atoms with Crippen LogP contribution in [0.4, 0.5) is 0 Å². The summed E-state index contributed by atoms with van der Waals surface area (Å²) in [5.41, 5.74) is 0. The first-order chi connectivity index (χ1) is 6.87. The van der Waals surface area contributed by atoms with Crippen LogP contribution < -0.4 is 5.32 Å². The lowest BCUT2D eigenvalue weighted by atomic mass is 10.2.